The van der Waals surface area contributed by atoms with E-state index >= 15 is 0 Å². The second-order valence-corrected chi connectivity index (χ2v) is 4.25. The average Bonchev–Trinajstić information content (AvgIpc) is 2.38. The lowest BCUT2D eigenvalue weighted by Crippen LogP contribution is -2.42. The Labute approximate surface area is 107 Å². The lowest BCUT2D eigenvalue weighted by molar-refractivity contribution is -0.735. The fraction of sp³-hybridized carbons (Fsp3) is 0.400. The van der Waals surface area contributed by atoms with Gasteiger partial charge < -0.3 is 15.5 Å². The molecule has 1 aromatic carbocycles. The SMILES string of the molecule is CC(CO)(CO)Nc1ccc([N+](=O)O)cc1[N+](=O)O. The molecule has 0 saturated carbocycles. The average molecular weight is 273 g/mol. The van der Waals surface area contributed by atoms with Crippen molar-refractivity contribution in [2.75, 3.05) is 18.5 Å². The first-order valence-corrected chi connectivity index (χ1v) is 5.29. The quantitative estimate of drug-likeness (QED) is 0.475. The molecular weight excluding hydrogens is 258 g/mol. The summed E-state index contributed by atoms with van der Waals surface area (Å²) in [6, 6.07) is 3.38. The molecule has 104 valence electrons. The van der Waals surface area contributed by atoms with Gasteiger partial charge in [0.05, 0.1) is 28.6 Å². The highest BCUT2D eigenvalue weighted by Crippen LogP contribution is 2.30. The first kappa shape index (κ1) is 14.8. The van der Waals surface area contributed by atoms with Gasteiger partial charge in [0.1, 0.15) is 11.8 Å². The Hall–Kier alpha value is -2.26. The van der Waals surface area contributed by atoms with Crippen molar-refractivity contribution in [2.24, 2.45) is 0 Å². The molecule has 19 heavy (non-hydrogen) atoms. The molecule has 0 aliphatic carbocycles. The zero-order chi connectivity index (χ0) is 14.6. The number of nitrogens with zero attached hydrogens (tertiary/aromatic N) is 2. The van der Waals surface area contributed by atoms with Gasteiger partial charge in [-0.3, -0.25) is 0 Å². The van der Waals surface area contributed by atoms with Gasteiger partial charge in [0.2, 0.25) is 0 Å². The molecule has 9 nitrogen and oxygen atoms in total. The summed E-state index contributed by atoms with van der Waals surface area (Å²) in [5.41, 5.74) is -1.65. The highest BCUT2D eigenvalue weighted by Gasteiger charge is 2.30. The summed E-state index contributed by atoms with van der Waals surface area (Å²) >= 11 is 0. The fourth-order valence-electron chi connectivity index (χ4n) is 1.36. The van der Waals surface area contributed by atoms with Crippen LogP contribution in [0.4, 0.5) is 17.1 Å². The smallest absolute Gasteiger partial charge is 0.346 e. The van der Waals surface area contributed by atoms with Crippen LogP contribution in [0.15, 0.2) is 18.2 Å². The minimum Gasteiger partial charge on any atom is -0.394 e. The molecule has 1 rings (SSSR count). The van der Waals surface area contributed by atoms with Crippen molar-refractivity contribution in [3.63, 3.8) is 0 Å². The number of anilines is 1. The van der Waals surface area contributed by atoms with Crippen LogP contribution in [0.5, 0.6) is 0 Å². The van der Waals surface area contributed by atoms with E-state index in [2.05, 4.69) is 5.32 Å². The molecule has 0 saturated heterocycles. The van der Waals surface area contributed by atoms with Gasteiger partial charge >= 0.3 is 11.4 Å². The van der Waals surface area contributed by atoms with Crippen molar-refractivity contribution >= 4 is 17.1 Å². The molecule has 0 aromatic heterocycles. The predicted octanol–water partition coefficient (Wildman–Crippen LogP) is 0.441. The van der Waals surface area contributed by atoms with E-state index in [1.807, 2.05) is 0 Å². The van der Waals surface area contributed by atoms with Crippen molar-refractivity contribution in [1.29, 1.82) is 0 Å². The summed E-state index contributed by atoms with van der Waals surface area (Å²) in [7, 11) is 0. The second kappa shape index (κ2) is 5.59. The Morgan fingerprint density at radius 1 is 1.16 bits per heavy atom. The van der Waals surface area contributed by atoms with Gasteiger partial charge in [0, 0.05) is 6.07 Å². The molecule has 0 atom stereocenters. The van der Waals surface area contributed by atoms with Gasteiger partial charge in [-0.25, -0.2) is 10.4 Å². The van der Waals surface area contributed by atoms with Crippen LogP contribution in [0.3, 0.4) is 0 Å². The number of aliphatic hydroxyl groups is 2. The maximum absolute atomic E-state index is 11.0. The Morgan fingerprint density at radius 2 is 1.74 bits per heavy atom. The normalized spacial score (nSPS) is 11.1. The number of hydrogen-bond donors (Lipinski definition) is 5. The van der Waals surface area contributed by atoms with Gasteiger partial charge in [-0.05, 0) is 13.0 Å². The molecule has 0 radical (unpaired) electrons. The van der Waals surface area contributed by atoms with Gasteiger partial charge in [-0.2, -0.15) is 0 Å². The lowest BCUT2D eigenvalue weighted by atomic mass is 10.0. The Bertz CT molecular complexity index is 500. The molecule has 0 fully saturated rings. The topological polar surface area (TPSA) is 133 Å². The third-order valence-corrected chi connectivity index (χ3v) is 2.54. The van der Waals surface area contributed by atoms with E-state index < -0.39 is 28.6 Å². The van der Waals surface area contributed by atoms with Crippen LogP contribution < -0.4 is 5.32 Å². The molecule has 1 aromatic rings. The summed E-state index contributed by atoms with van der Waals surface area (Å²) < 4.78 is 0. The molecule has 0 amide bonds. The number of benzene rings is 1. The summed E-state index contributed by atoms with van der Waals surface area (Å²) in [6.07, 6.45) is 0. The molecular formula is C10H15N3O6+2. The van der Waals surface area contributed by atoms with Gasteiger partial charge in [-0.15, -0.1) is 0 Å². The first-order chi connectivity index (χ1) is 8.83. The molecule has 9 heteroatoms. The van der Waals surface area contributed by atoms with Crippen molar-refractivity contribution < 1.29 is 30.5 Å². The van der Waals surface area contributed by atoms with E-state index in [0.717, 1.165) is 6.07 Å². The summed E-state index contributed by atoms with van der Waals surface area (Å²) in [5, 5.41) is 38.6. The number of nitrogens with one attached hydrogen (secondary N) is 1. The van der Waals surface area contributed by atoms with Crippen LogP contribution in [0, 0.1) is 9.81 Å². The molecule has 0 aliphatic heterocycles. The van der Waals surface area contributed by atoms with Gasteiger partial charge in [0.15, 0.2) is 0 Å². The Kier molecular flexibility index (Phi) is 4.35. The second-order valence-electron chi connectivity index (χ2n) is 4.25. The van der Waals surface area contributed by atoms with E-state index in [4.69, 9.17) is 20.6 Å². The lowest BCUT2D eigenvalue weighted by Gasteiger charge is -2.26. The highest BCUT2D eigenvalue weighted by molar-refractivity contribution is 5.65. The maximum atomic E-state index is 11.0. The molecule has 0 aliphatic rings. The minimum atomic E-state index is -1.12. The van der Waals surface area contributed by atoms with Crippen LogP contribution >= 0.6 is 0 Å². The van der Waals surface area contributed by atoms with Crippen LogP contribution in [-0.2, 0) is 0 Å². The van der Waals surface area contributed by atoms with E-state index in [9.17, 15) is 9.81 Å². The third kappa shape index (κ3) is 3.36. The van der Waals surface area contributed by atoms with Crippen LogP contribution in [0.1, 0.15) is 6.92 Å². The summed E-state index contributed by atoms with van der Waals surface area (Å²) in [4.78, 5) is 20.7. The zero-order valence-corrected chi connectivity index (χ0v) is 10.1. The van der Waals surface area contributed by atoms with Crippen molar-refractivity contribution in [3.8, 4) is 0 Å². The Morgan fingerprint density at radius 3 is 2.16 bits per heavy atom. The number of aliphatic hydroxyl groups excluding tert-OH is 2. The summed E-state index contributed by atoms with van der Waals surface area (Å²) in [6.45, 7) is 0.633. The van der Waals surface area contributed by atoms with Crippen LogP contribution in [0.25, 0.3) is 0 Å². The zero-order valence-electron chi connectivity index (χ0n) is 10.1. The van der Waals surface area contributed by atoms with E-state index in [0.29, 0.717) is 0 Å². The van der Waals surface area contributed by atoms with E-state index in [1.165, 1.54) is 19.1 Å². The van der Waals surface area contributed by atoms with E-state index in [1.54, 1.807) is 0 Å². The van der Waals surface area contributed by atoms with Crippen LogP contribution in [-0.4, -0.2) is 49.2 Å². The van der Waals surface area contributed by atoms with Crippen molar-refractivity contribution in [3.05, 3.63) is 28.0 Å². The van der Waals surface area contributed by atoms with E-state index in [-0.39, 0.29) is 17.1 Å². The summed E-state index contributed by atoms with van der Waals surface area (Å²) in [5.74, 6) is 0. The Balaban J connectivity index is 3.21. The standard InChI is InChI=1S/C10H15N3O6/c1-10(5-14,6-15)11-8-3-2-7(12(16)17)4-9(8)13(18)19/h2-4,11,14-15H,5-6H2,1H3,(H,16,17)(H,18,19)/q+2. The van der Waals surface area contributed by atoms with Crippen molar-refractivity contribution in [2.45, 2.75) is 12.5 Å². The third-order valence-electron chi connectivity index (χ3n) is 2.54. The largest absolute Gasteiger partial charge is 0.394 e. The minimum absolute atomic E-state index is 0.0775. The monoisotopic (exact) mass is 273 g/mol. The molecule has 0 unspecified atom stereocenters. The fourth-order valence-corrected chi connectivity index (χ4v) is 1.36. The molecule has 0 heterocycles. The molecule has 0 spiro atoms. The van der Waals surface area contributed by atoms with Crippen LogP contribution in [0.2, 0.25) is 0 Å². The van der Waals surface area contributed by atoms with Gasteiger partial charge in [-0.1, -0.05) is 0 Å². The predicted molar refractivity (Wildman–Crippen MR) is 62.8 cm³/mol. The number of rotatable bonds is 6. The maximum Gasteiger partial charge on any atom is 0.346 e. The first-order valence-electron chi connectivity index (χ1n) is 5.29. The molecule has 0 bridgehead atoms. The van der Waals surface area contributed by atoms with Gasteiger partial charge in [0.25, 0.3) is 9.85 Å². The number of hydrogen-bond acceptors (Lipinski definition) is 5. The molecule has 5 N–H and O–H groups in total. The highest BCUT2D eigenvalue weighted by atomic mass is 16.6. The van der Waals surface area contributed by atoms with Crippen molar-refractivity contribution in [1.82, 2.24) is 0 Å².